The summed E-state index contributed by atoms with van der Waals surface area (Å²) in [6, 6.07) is 8.18. The highest BCUT2D eigenvalue weighted by Crippen LogP contribution is 2.05. The minimum atomic E-state index is -0.01000. The van der Waals surface area contributed by atoms with Gasteiger partial charge >= 0.3 is 6.03 Å². The number of rotatable bonds is 7. The highest BCUT2D eigenvalue weighted by molar-refractivity contribution is 5.76. The zero-order valence-electron chi connectivity index (χ0n) is 12.9. The molecule has 0 radical (unpaired) electrons. The first-order chi connectivity index (χ1) is 9.67. The summed E-state index contributed by atoms with van der Waals surface area (Å²) in [5, 5.41) is 2.85. The van der Waals surface area contributed by atoms with Crippen LogP contribution in [0, 0.1) is 6.92 Å². The van der Waals surface area contributed by atoms with E-state index < -0.39 is 0 Å². The second-order valence-corrected chi connectivity index (χ2v) is 5.04. The van der Waals surface area contributed by atoms with Gasteiger partial charge in [-0.3, -0.25) is 0 Å². The van der Waals surface area contributed by atoms with Gasteiger partial charge < -0.3 is 10.2 Å². The van der Waals surface area contributed by atoms with E-state index in [-0.39, 0.29) is 6.03 Å². The summed E-state index contributed by atoms with van der Waals surface area (Å²) in [5.74, 6) is 0. The molecule has 1 rings (SSSR count). The van der Waals surface area contributed by atoms with Gasteiger partial charge in [-0.05, 0) is 31.4 Å². The van der Waals surface area contributed by atoms with E-state index in [4.69, 9.17) is 0 Å². The van der Waals surface area contributed by atoms with E-state index in [1.807, 2.05) is 23.1 Å². The van der Waals surface area contributed by atoms with E-state index in [0.29, 0.717) is 0 Å². The van der Waals surface area contributed by atoms with Crippen LogP contribution in [-0.4, -0.2) is 24.0 Å². The molecular formula is C17H26N2O. The molecule has 0 heterocycles. The van der Waals surface area contributed by atoms with E-state index in [1.165, 1.54) is 5.56 Å². The van der Waals surface area contributed by atoms with Gasteiger partial charge in [-0.2, -0.15) is 0 Å². The van der Waals surface area contributed by atoms with Crippen molar-refractivity contribution in [1.82, 2.24) is 10.2 Å². The van der Waals surface area contributed by atoms with Crippen LogP contribution >= 0.6 is 0 Å². The molecule has 1 aromatic rings. The monoisotopic (exact) mass is 274 g/mol. The van der Waals surface area contributed by atoms with E-state index >= 15 is 0 Å². The van der Waals surface area contributed by atoms with Crippen molar-refractivity contribution in [2.75, 3.05) is 13.1 Å². The first kappa shape index (κ1) is 16.3. The molecule has 0 saturated carbocycles. The van der Waals surface area contributed by atoms with Crippen LogP contribution in [0.1, 0.15) is 44.2 Å². The van der Waals surface area contributed by atoms with Crippen molar-refractivity contribution in [3.05, 3.63) is 41.6 Å². The minimum Gasteiger partial charge on any atom is -0.325 e. The van der Waals surface area contributed by atoms with Crippen LogP contribution in [0.15, 0.2) is 30.5 Å². The molecule has 1 N–H and O–H groups in total. The van der Waals surface area contributed by atoms with E-state index in [9.17, 15) is 4.79 Å². The molecule has 0 bridgehead atoms. The van der Waals surface area contributed by atoms with Crippen LogP contribution in [0.5, 0.6) is 0 Å². The van der Waals surface area contributed by atoms with Crippen molar-refractivity contribution in [2.24, 2.45) is 0 Å². The molecule has 0 unspecified atom stereocenters. The maximum atomic E-state index is 12.1. The van der Waals surface area contributed by atoms with Gasteiger partial charge in [-0.25, -0.2) is 4.79 Å². The van der Waals surface area contributed by atoms with Crippen molar-refractivity contribution in [1.29, 1.82) is 0 Å². The van der Waals surface area contributed by atoms with Crippen LogP contribution in [0.3, 0.4) is 0 Å². The van der Waals surface area contributed by atoms with Crippen LogP contribution < -0.4 is 5.32 Å². The maximum absolute atomic E-state index is 12.1. The quantitative estimate of drug-likeness (QED) is 0.794. The van der Waals surface area contributed by atoms with Crippen molar-refractivity contribution in [2.45, 2.75) is 40.0 Å². The van der Waals surface area contributed by atoms with Crippen molar-refractivity contribution < 1.29 is 4.79 Å². The Morgan fingerprint density at radius 3 is 2.70 bits per heavy atom. The zero-order valence-corrected chi connectivity index (χ0v) is 12.9. The first-order valence-electron chi connectivity index (χ1n) is 7.46. The first-order valence-corrected chi connectivity index (χ1v) is 7.46. The molecule has 0 spiro atoms. The number of hydrogen-bond acceptors (Lipinski definition) is 1. The number of nitrogens with zero attached hydrogens (tertiary/aromatic N) is 1. The average Bonchev–Trinajstić information content (AvgIpc) is 2.43. The lowest BCUT2D eigenvalue weighted by Crippen LogP contribution is -2.38. The van der Waals surface area contributed by atoms with Crippen LogP contribution in [0.25, 0.3) is 6.08 Å². The van der Waals surface area contributed by atoms with E-state index in [0.717, 1.165) is 37.9 Å². The standard InChI is InChI=1S/C17H26N2O/c1-4-6-13-19(12-5-2)17(20)18-11-10-16-9-7-8-15(3)14-16/h7-11,14H,4-6,12-13H2,1-3H3,(H,18,20)/b11-10+. The summed E-state index contributed by atoms with van der Waals surface area (Å²) < 4.78 is 0. The van der Waals surface area contributed by atoms with Gasteiger partial charge in [0.15, 0.2) is 0 Å². The van der Waals surface area contributed by atoms with Crippen molar-refractivity contribution in [3.8, 4) is 0 Å². The Kier molecular flexibility index (Phi) is 7.48. The van der Waals surface area contributed by atoms with Gasteiger partial charge in [-0.1, -0.05) is 50.1 Å². The topological polar surface area (TPSA) is 32.3 Å². The predicted molar refractivity (Wildman–Crippen MR) is 85.5 cm³/mol. The fraction of sp³-hybridized carbons (Fsp3) is 0.471. The fourth-order valence-electron chi connectivity index (χ4n) is 2.01. The summed E-state index contributed by atoms with van der Waals surface area (Å²) in [7, 11) is 0. The Bertz CT molecular complexity index is 440. The van der Waals surface area contributed by atoms with Gasteiger partial charge in [-0.15, -0.1) is 0 Å². The third-order valence-corrected chi connectivity index (χ3v) is 3.09. The number of amides is 2. The third-order valence-electron chi connectivity index (χ3n) is 3.09. The molecule has 0 fully saturated rings. The maximum Gasteiger partial charge on any atom is 0.321 e. The number of nitrogens with one attached hydrogen (secondary N) is 1. The lowest BCUT2D eigenvalue weighted by Gasteiger charge is -2.21. The molecule has 0 aliphatic carbocycles. The van der Waals surface area contributed by atoms with Gasteiger partial charge in [0.25, 0.3) is 0 Å². The van der Waals surface area contributed by atoms with E-state index in [1.54, 1.807) is 6.20 Å². The largest absolute Gasteiger partial charge is 0.325 e. The number of carbonyl (C=O) groups excluding carboxylic acids is 1. The van der Waals surface area contributed by atoms with Gasteiger partial charge in [0, 0.05) is 19.3 Å². The molecule has 0 atom stereocenters. The summed E-state index contributed by atoms with van der Waals surface area (Å²) in [4.78, 5) is 13.9. The fourth-order valence-corrected chi connectivity index (χ4v) is 2.01. The molecule has 3 nitrogen and oxygen atoms in total. The van der Waals surface area contributed by atoms with E-state index in [2.05, 4.69) is 38.2 Å². The Hall–Kier alpha value is -1.77. The van der Waals surface area contributed by atoms with Crippen LogP contribution in [0.4, 0.5) is 4.79 Å². The number of urea groups is 1. The number of unbranched alkanes of at least 4 members (excludes halogenated alkanes) is 1. The Labute approximate surface area is 122 Å². The van der Waals surface area contributed by atoms with Crippen molar-refractivity contribution >= 4 is 12.1 Å². The zero-order chi connectivity index (χ0) is 14.8. The lowest BCUT2D eigenvalue weighted by atomic mass is 10.1. The number of aryl methyl sites for hydroxylation is 1. The highest BCUT2D eigenvalue weighted by atomic mass is 16.2. The molecule has 110 valence electrons. The molecule has 1 aromatic carbocycles. The molecule has 0 aromatic heterocycles. The number of hydrogen-bond donors (Lipinski definition) is 1. The molecule has 3 heteroatoms. The smallest absolute Gasteiger partial charge is 0.321 e. The van der Waals surface area contributed by atoms with Crippen LogP contribution in [0.2, 0.25) is 0 Å². The summed E-state index contributed by atoms with van der Waals surface area (Å²) in [6.07, 6.45) is 6.79. The minimum absolute atomic E-state index is 0.01000. The highest BCUT2D eigenvalue weighted by Gasteiger charge is 2.09. The summed E-state index contributed by atoms with van der Waals surface area (Å²) in [5.41, 5.74) is 2.31. The SMILES string of the molecule is CCCCN(CCC)C(=O)N/C=C/c1cccc(C)c1. The Balaban J connectivity index is 2.51. The Morgan fingerprint density at radius 1 is 1.25 bits per heavy atom. The third kappa shape index (κ3) is 5.91. The molecule has 0 aliphatic rings. The molecule has 2 amide bonds. The number of carbonyl (C=O) groups is 1. The molecule has 0 aliphatic heterocycles. The molecule has 20 heavy (non-hydrogen) atoms. The summed E-state index contributed by atoms with van der Waals surface area (Å²) >= 11 is 0. The van der Waals surface area contributed by atoms with Gasteiger partial charge in [0.05, 0.1) is 0 Å². The molecular weight excluding hydrogens is 248 g/mol. The average molecular weight is 274 g/mol. The van der Waals surface area contributed by atoms with Gasteiger partial charge in [0.2, 0.25) is 0 Å². The normalized spacial score (nSPS) is 10.8. The molecule has 0 saturated heterocycles. The summed E-state index contributed by atoms with van der Waals surface area (Å²) in [6.45, 7) is 7.93. The second kappa shape index (κ2) is 9.18. The van der Waals surface area contributed by atoms with Gasteiger partial charge in [0.1, 0.15) is 0 Å². The van der Waals surface area contributed by atoms with Crippen molar-refractivity contribution in [3.63, 3.8) is 0 Å². The lowest BCUT2D eigenvalue weighted by molar-refractivity contribution is 0.200. The predicted octanol–water partition coefficient (Wildman–Crippen LogP) is 4.19. The Morgan fingerprint density at radius 2 is 2.05 bits per heavy atom. The number of benzene rings is 1. The second-order valence-electron chi connectivity index (χ2n) is 5.04. The van der Waals surface area contributed by atoms with Crippen LogP contribution in [-0.2, 0) is 0 Å².